The number of hydrogen-bond donors (Lipinski definition) is 1. The van der Waals surface area contributed by atoms with Gasteiger partial charge in [-0.3, -0.25) is 4.79 Å². The monoisotopic (exact) mass is 535 g/mol. The Morgan fingerprint density at radius 1 is 1.00 bits per heavy atom. The van der Waals surface area contributed by atoms with Crippen molar-refractivity contribution in [3.05, 3.63) is 54.6 Å². The van der Waals surface area contributed by atoms with E-state index in [0.29, 0.717) is 31.8 Å². The summed E-state index contributed by atoms with van der Waals surface area (Å²) in [5.41, 5.74) is 0.568. The Bertz CT molecular complexity index is 1240. The van der Waals surface area contributed by atoms with E-state index in [9.17, 15) is 21.6 Å². The number of rotatable bonds is 9. The van der Waals surface area contributed by atoms with Crippen molar-refractivity contribution in [1.29, 1.82) is 0 Å². The molecule has 0 unspecified atom stereocenters. The quantitative estimate of drug-likeness (QED) is 0.528. The van der Waals surface area contributed by atoms with Gasteiger partial charge < -0.3 is 10.1 Å². The number of benzene rings is 2. The molecule has 2 saturated heterocycles. The minimum atomic E-state index is -4.09. The van der Waals surface area contributed by atoms with Gasteiger partial charge in [0.1, 0.15) is 0 Å². The smallest absolute Gasteiger partial charge is 0.243 e. The average molecular weight is 536 g/mol. The molecule has 2 aromatic carbocycles. The second kappa shape index (κ2) is 11.4. The Balaban J connectivity index is 1.54. The topological polar surface area (TPSA) is 113 Å². The second-order valence-corrected chi connectivity index (χ2v) is 13.3. The Labute approximate surface area is 213 Å². The summed E-state index contributed by atoms with van der Waals surface area (Å²) in [6, 6.07) is 14.1. The van der Waals surface area contributed by atoms with Crippen LogP contribution in [0.1, 0.15) is 32.6 Å². The molecule has 36 heavy (non-hydrogen) atoms. The molecule has 0 saturated carbocycles. The fourth-order valence-electron chi connectivity index (χ4n) is 4.59. The molecule has 2 aliphatic rings. The summed E-state index contributed by atoms with van der Waals surface area (Å²) in [6.45, 7) is 3.13. The molecule has 1 amide bonds. The molecule has 0 aromatic heterocycles. The van der Waals surface area contributed by atoms with Gasteiger partial charge in [-0.15, -0.1) is 0 Å². The third kappa shape index (κ3) is 6.33. The van der Waals surface area contributed by atoms with Crippen LogP contribution >= 0.6 is 0 Å². The van der Waals surface area contributed by atoms with Gasteiger partial charge in [0.2, 0.25) is 26.0 Å². The van der Waals surface area contributed by atoms with Gasteiger partial charge in [-0.2, -0.15) is 8.61 Å². The van der Waals surface area contributed by atoms with E-state index < -0.39 is 26.0 Å². The van der Waals surface area contributed by atoms with Gasteiger partial charge >= 0.3 is 0 Å². The van der Waals surface area contributed by atoms with Crippen LogP contribution in [0.5, 0.6) is 0 Å². The number of sulfonamides is 2. The number of nitrogens with zero attached hydrogens (tertiary/aromatic N) is 2. The SMILES string of the molecule is C[C@H]1CCCN(S(=O)(=O)c2ccc(S(=O)(=O)N(CC(=O)Nc3ccccc3)C[C@H]3CCCO3)cc2)C1. The van der Waals surface area contributed by atoms with Gasteiger partial charge in [0, 0.05) is 31.9 Å². The van der Waals surface area contributed by atoms with Gasteiger partial charge in [-0.05, 0) is 68.0 Å². The maximum atomic E-state index is 13.5. The number of carbonyl (C=O) groups excluding carboxylic acids is 1. The molecule has 9 nitrogen and oxygen atoms in total. The van der Waals surface area contributed by atoms with E-state index >= 15 is 0 Å². The molecular formula is C25H33N3O6S2. The number of anilines is 1. The van der Waals surface area contributed by atoms with Gasteiger partial charge in [-0.1, -0.05) is 25.1 Å². The minimum Gasteiger partial charge on any atom is -0.377 e. The predicted molar refractivity (Wildman–Crippen MR) is 136 cm³/mol. The molecule has 0 spiro atoms. The van der Waals surface area contributed by atoms with Crippen LogP contribution in [-0.4, -0.2) is 70.2 Å². The predicted octanol–water partition coefficient (Wildman–Crippen LogP) is 2.92. The summed E-state index contributed by atoms with van der Waals surface area (Å²) in [5.74, 6) is -0.192. The van der Waals surface area contributed by atoms with Crippen LogP contribution in [0.25, 0.3) is 0 Å². The largest absolute Gasteiger partial charge is 0.377 e. The lowest BCUT2D eigenvalue weighted by molar-refractivity contribution is -0.116. The number of nitrogens with one attached hydrogen (secondary N) is 1. The summed E-state index contributed by atoms with van der Waals surface area (Å²) < 4.78 is 61.4. The summed E-state index contributed by atoms with van der Waals surface area (Å²) >= 11 is 0. The first-order chi connectivity index (χ1) is 17.2. The van der Waals surface area contributed by atoms with Crippen molar-refractivity contribution in [3.8, 4) is 0 Å². The van der Waals surface area contributed by atoms with Crippen molar-refractivity contribution in [1.82, 2.24) is 8.61 Å². The lowest BCUT2D eigenvalue weighted by Gasteiger charge is -2.30. The number of hydrogen-bond acceptors (Lipinski definition) is 6. The van der Waals surface area contributed by atoms with Crippen LogP contribution in [-0.2, 0) is 29.6 Å². The fourth-order valence-corrected chi connectivity index (χ4v) is 7.62. The molecule has 2 aromatic rings. The molecule has 0 radical (unpaired) electrons. The lowest BCUT2D eigenvalue weighted by Crippen LogP contribution is -2.42. The van der Waals surface area contributed by atoms with E-state index in [1.165, 1.54) is 28.6 Å². The van der Waals surface area contributed by atoms with Crippen molar-refractivity contribution in [2.75, 3.05) is 38.1 Å². The number of amides is 1. The van der Waals surface area contributed by atoms with Crippen LogP contribution in [0.3, 0.4) is 0 Å². The molecule has 11 heteroatoms. The first-order valence-corrected chi connectivity index (χ1v) is 15.1. The van der Waals surface area contributed by atoms with Crippen LogP contribution in [0, 0.1) is 5.92 Å². The van der Waals surface area contributed by atoms with E-state index in [2.05, 4.69) is 5.32 Å². The molecule has 2 aliphatic heterocycles. The third-order valence-corrected chi connectivity index (χ3v) is 10.2. The summed E-state index contributed by atoms with van der Waals surface area (Å²) in [6.07, 6.45) is 3.02. The van der Waals surface area contributed by atoms with Gasteiger partial charge in [0.25, 0.3) is 0 Å². The van der Waals surface area contributed by atoms with E-state index in [1.54, 1.807) is 24.3 Å². The zero-order chi connectivity index (χ0) is 25.8. The number of ether oxygens (including phenoxy) is 1. The number of piperidine rings is 1. The Hall–Kier alpha value is -2.31. The number of para-hydroxylation sites is 1. The van der Waals surface area contributed by atoms with E-state index in [1.807, 2.05) is 13.0 Å². The van der Waals surface area contributed by atoms with E-state index in [4.69, 9.17) is 4.74 Å². The molecule has 0 bridgehead atoms. The highest BCUT2D eigenvalue weighted by molar-refractivity contribution is 7.89. The van der Waals surface area contributed by atoms with Crippen molar-refractivity contribution < 1.29 is 26.4 Å². The Morgan fingerprint density at radius 2 is 1.69 bits per heavy atom. The minimum absolute atomic E-state index is 0.0380. The van der Waals surface area contributed by atoms with Crippen LogP contribution < -0.4 is 5.32 Å². The zero-order valence-corrected chi connectivity index (χ0v) is 22.0. The first kappa shape index (κ1) is 26.7. The zero-order valence-electron chi connectivity index (χ0n) is 20.4. The normalized spacial score (nSPS) is 21.5. The highest BCUT2D eigenvalue weighted by Crippen LogP contribution is 2.26. The Morgan fingerprint density at radius 3 is 2.33 bits per heavy atom. The average Bonchev–Trinajstić information content (AvgIpc) is 3.37. The van der Waals surface area contributed by atoms with Crippen LogP contribution in [0.15, 0.2) is 64.4 Å². The fraction of sp³-hybridized carbons (Fsp3) is 0.480. The second-order valence-electron chi connectivity index (χ2n) is 9.43. The summed E-state index contributed by atoms with van der Waals surface area (Å²) in [4.78, 5) is 12.7. The highest BCUT2D eigenvalue weighted by Gasteiger charge is 2.32. The molecule has 4 rings (SSSR count). The summed E-state index contributed by atoms with van der Waals surface area (Å²) in [7, 11) is -7.80. The Kier molecular flexibility index (Phi) is 8.46. The van der Waals surface area contributed by atoms with Crippen LogP contribution in [0.4, 0.5) is 5.69 Å². The van der Waals surface area contributed by atoms with Gasteiger partial charge in [0.05, 0.1) is 22.4 Å². The molecule has 196 valence electrons. The molecule has 1 N–H and O–H groups in total. The van der Waals surface area contributed by atoms with Crippen molar-refractivity contribution >= 4 is 31.6 Å². The molecule has 0 aliphatic carbocycles. The van der Waals surface area contributed by atoms with Gasteiger partial charge in [-0.25, -0.2) is 16.8 Å². The standard InChI is InChI=1S/C25H33N3O6S2/c1-20-7-5-15-27(17-20)35(30,31)23-11-13-24(14-12-23)36(32,33)28(18-22-10-6-16-34-22)19-25(29)26-21-8-3-2-4-9-21/h2-4,8-9,11-14,20,22H,5-7,10,15-19H2,1H3,(H,26,29)/t20-,22+/m0/s1. The van der Waals surface area contributed by atoms with Crippen molar-refractivity contribution in [2.24, 2.45) is 5.92 Å². The third-order valence-electron chi connectivity index (χ3n) is 6.53. The maximum Gasteiger partial charge on any atom is 0.243 e. The summed E-state index contributed by atoms with van der Waals surface area (Å²) in [5, 5.41) is 2.72. The van der Waals surface area contributed by atoms with Crippen molar-refractivity contribution in [2.45, 2.75) is 48.5 Å². The first-order valence-electron chi connectivity index (χ1n) is 12.2. The van der Waals surface area contributed by atoms with Gasteiger partial charge in [0.15, 0.2) is 0 Å². The van der Waals surface area contributed by atoms with E-state index in [0.717, 1.165) is 23.6 Å². The molecule has 2 atom stereocenters. The van der Waals surface area contributed by atoms with E-state index in [-0.39, 0.29) is 34.9 Å². The molecule has 2 fully saturated rings. The molecule has 2 heterocycles. The van der Waals surface area contributed by atoms with Crippen LogP contribution in [0.2, 0.25) is 0 Å². The molecular weight excluding hydrogens is 502 g/mol. The highest BCUT2D eigenvalue weighted by atomic mass is 32.2. The maximum absolute atomic E-state index is 13.5. The lowest BCUT2D eigenvalue weighted by atomic mass is 10.0. The number of carbonyl (C=O) groups is 1. The van der Waals surface area contributed by atoms with Crippen molar-refractivity contribution in [3.63, 3.8) is 0 Å².